The van der Waals surface area contributed by atoms with Crippen LogP contribution < -0.4 is 15.5 Å². The summed E-state index contributed by atoms with van der Waals surface area (Å²) in [6.07, 6.45) is 2.95. The number of fused-ring (bicyclic) bond motifs is 1. The monoisotopic (exact) mass is 413 g/mol. The van der Waals surface area contributed by atoms with Crippen LogP contribution in [-0.4, -0.2) is 60.1 Å². The summed E-state index contributed by atoms with van der Waals surface area (Å²) in [4.78, 5) is 11.7. The third kappa shape index (κ3) is 6.19. The summed E-state index contributed by atoms with van der Waals surface area (Å²) in [7, 11) is 1.67. The molecule has 1 aliphatic heterocycles. The van der Waals surface area contributed by atoms with Gasteiger partial charge in [-0.3, -0.25) is 4.99 Å². The van der Waals surface area contributed by atoms with Gasteiger partial charge in [0.1, 0.15) is 12.4 Å². The summed E-state index contributed by atoms with van der Waals surface area (Å²) < 4.78 is 7.15. The van der Waals surface area contributed by atoms with Gasteiger partial charge in [0.25, 0.3) is 0 Å². The number of methoxy groups -OCH3 is 1. The second-order valence-electron chi connectivity index (χ2n) is 7.47. The highest BCUT2D eigenvalue weighted by Crippen LogP contribution is 2.14. The molecule has 0 aliphatic carbocycles. The third-order valence-corrected chi connectivity index (χ3v) is 5.22. The summed E-state index contributed by atoms with van der Waals surface area (Å²) in [6, 6.07) is 10.9. The topological polar surface area (TPSA) is 79.6 Å². The van der Waals surface area contributed by atoms with Crippen LogP contribution in [0.3, 0.4) is 0 Å². The number of benzene rings is 1. The number of nitrogens with one attached hydrogen (secondary N) is 2. The molecule has 0 fully saturated rings. The molecule has 2 heterocycles. The maximum atomic E-state index is 5.15. The number of rotatable bonds is 10. The number of aromatic nitrogens is 3. The number of aryl methyl sites for hydroxylation is 1. The summed E-state index contributed by atoms with van der Waals surface area (Å²) in [5, 5.41) is 11.5. The number of anilines is 1. The van der Waals surface area contributed by atoms with Crippen molar-refractivity contribution in [3.8, 4) is 0 Å². The van der Waals surface area contributed by atoms with Crippen LogP contribution in [0.2, 0.25) is 0 Å². The predicted octanol–water partition coefficient (Wildman–Crippen LogP) is 2.21. The molecule has 30 heavy (non-hydrogen) atoms. The van der Waals surface area contributed by atoms with E-state index in [1.54, 1.807) is 7.11 Å². The molecule has 2 aromatic rings. The largest absolute Gasteiger partial charge is 0.377 e. The van der Waals surface area contributed by atoms with E-state index in [0.717, 1.165) is 69.6 Å². The Hall–Kier alpha value is -2.61. The quantitative estimate of drug-likeness (QED) is 0.353. The minimum Gasteiger partial charge on any atom is -0.377 e. The Morgan fingerprint density at radius 2 is 2.13 bits per heavy atom. The van der Waals surface area contributed by atoms with Crippen molar-refractivity contribution in [1.82, 2.24) is 25.4 Å². The fourth-order valence-electron chi connectivity index (χ4n) is 3.74. The Balaban J connectivity index is 1.50. The number of hydrogen-bond donors (Lipinski definition) is 2. The summed E-state index contributed by atoms with van der Waals surface area (Å²) in [5.74, 6) is 2.68. The first-order valence-electron chi connectivity index (χ1n) is 11.0. The van der Waals surface area contributed by atoms with Crippen LogP contribution in [0.1, 0.15) is 38.3 Å². The van der Waals surface area contributed by atoms with Crippen molar-refractivity contribution in [3.05, 3.63) is 42.0 Å². The van der Waals surface area contributed by atoms with Crippen molar-refractivity contribution >= 4 is 11.6 Å². The average Bonchev–Trinajstić information content (AvgIpc) is 3.16. The third-order valence-electron chi connectivity index (χ3n) is 5.22. The van der Waals surface area contributed by atoms with Gasteiger partial charge in [0.05, 0.1) is 6.54 Å². The number of aliphatic imine (C=N–C) groups is 1. The van der Waals surface area contributed by atoms with Crippen LogP contribution in [-0.2, 0) is 24.3 Å². The molecule has 0 radical (unpaired) electrons. The highest BCUT2D eigenvalue weighted by atomic mass is 16.5. The van der Waals surface area contributed by atoms with E-state index in [-0.39, 0.29) is 0 Å². The van der Waals surface area contributed by atoms with E-state index >= 15 is 0 Å². The fraction of sp³-hybridized carbons (Fsp3) is 0.591. The molecule has 3 rings (SSSR count). The van der Waals surface area contributed by atoms with Crippen molar-refractivity contribution in [3.63, 3.8) is 0 Å². The molecule has 2 N–H and O–H groups in total. The molecular formula is C22H35N7O. The standard InChI is InChI=1S/C22H35N7O/c1-4-23-22(24-14-9-15-28(5-2)19-10-7-6-8-11-19)25-18-12-13-21-26-20(17-30-3)27-29(21)16-18/h6-8,10-11,18H,4-5,9,12-17H2,1-3H3,(H2,23,24,25). The van der Waals surface area contributed by atoms with Crippen LogP contribution in [0, 0.1) is 0 Å². The van der Waals surface area contributed by atoms with E-state index in [1.807, 2.05) is 4.68 Å². The van der Waals surface area contributed by atoms with Gasteiger partial charge in [-0.15, -0.1) is 0 Å². The van der Waals surface area contributed by atoms with Gasteiger partial charge in [-0.05, 0) is 38.8 Å². The molecule has 0 bridgehead atoms. The van der Waals surface area contributed by atoms with Gasteiger partial charge >= 0.3 is 0 Å². The van der Waals surface area contributed by atoms with Crippen LogP contribution in [0.4, 0.5) is 5.69 Å². The molecule has 1 atom stereocenters. The summed E-state index contributed by atoms with van der Waals surface area (Å²) in [6.45, 7) is 9.18. The summed E-state index contributed by atoms with van der Waals surface area (Å²) in [5.41, 5.74) is 1.27. The van der Waals surface area contributed by atoms with Crippen molar-refractivity contribution < 1.29 is 4.74 Å². The van der Waals surface area contributed by atoms with E-state index in [0.29, 0.717) is 12.6 Å². The number of nitrogens with zero attached hydrogens (tertiary/aromatic N) is 5. The number of guanidine groups is 1. The van der Waals surface area contributed by atoms with Gasteiger partial charge in [0, 0.05) is 51.4 Å². The zero-order valence-corrected chi connectivity index (χ0v) is 18.5. The number of hydrogen-bond acceptors (Lipinski definition) is 5. The minimum absolute atomic E-state index is 0.295. The SMILES string of the molecule is CCNC(=NCCCN(CC)c1ccccc1)NC1CCc2nc(COC)nn2C1. The smallest absolute Gasteiger partial charge is 0.191 e. The van der Waals surface area contributed by atoms with Gasteiger partial charge < -0.3 is 20.3 Å². The van der Waals surface area contributed by atoms with Crippen molar-refractivity contribution in [2.75, 3.05) is 38.2 Å². The van der Waals surface area contributed by atoms with Crippen molar-refractivity contribution in [1.29, 1.82) is 0 Å². The molecule has 1 aromatic carbocycles. The molecule has 1 aromatic heterocycles. The number of para-hydroxylation sites is 1. The fourth-order valence-corrected chi connectivity index (χ4v) is 3.74. The van der Waals surface area contributed by atoms with Gasteiger partial charge in [-0.1, -0.05) is 18.2 Å². The van der Waals surface area contributed by atoms with Crippen molar-refractivity contribution in [2.24, 2.45) is 4.99 Å². The second-order valence-corrected chi connectivity index (χ2v) is 7.47. The Morgan fingerprint density at radius 1 is 1.30 bits per heavy atom. The lowest BCUT2D eigenvalue weighted by Gasteiger charge is -2.25. The normalized spacial score (nSPS) is 16.2. The van der Waals surface area contributed by atoms with E-state index in [1.165, 1.54) is 5.69 Å². The van der Waals surface area contributed by atoms with Gasteiger partial charge in [-0.25, -0.2) is 9.67 Å². The molecule has 1 aliphatic rings. The highest BCUT2D eigenvalue weighted by molar-refractivity contribution is 5.80. The molecule has 8 nitrogen and oxygen atoms in total. The first kappa shape index (κ1) is 22.1. The van der Waals surface area contributed by atoms with Gasteiger partial charge in [0.15, 0.2) is 11.8 Å². The Kier molecular flexibility index (Phi) is 8.50. The first-order valence-corrected chi connectivity index (χ1v) is 11.0. The Labute approximate surface area is 179 Å². The van der Waals surface area contributed by atoms with Gasteiger partial charge in [0.2, 0.25) is 0 Å². The van der Waals surface area contributed by atoms with E-state index in [4.69, 9.17) is 9.73 Å². The van der Waals surface area contributed by atoms with Crippen LogP contribution in [0.5, 0.6) is 0 Å². The lowest BCUT2D eigenvalue weighted by atomic mass is 10.1. The summed E-state index contributed by atoms with van der Waals surface area (Å²) >= 11 is 0. The zero-order valence-electron chi connectivity index (χ0n) is 18.5. The van der Waals surface area contributed by atoms with Crippen LogP contribution in [0.15, 0.2) is 35.3 Å². The molecule has 0 saturated carbocycles. The molecule has 0 spiro atoms. The maximum Gasteiger partial charge on any atom is 0.191 e. The minimum atomic E-state index is 0.295. The van der Waals surface area contributed by atoms with Crippen LogP contribution in [0.25, 0.3) is 0 Å². The maximum absolute atomic E-state index is 5.15. The lowest BCUT2D eigenvalue weighted by Crippen LogP contribution is -2.47. The predicted molar refractivity (Wildman–Crippen MR) is 121 cm³/mol. The average molecular weight is 414 g/mol. The molecule has 0 saturated heterocycles. The molecule has 0 amide bonds. The first-order chi connectivity index (χ1) is 14.7. The molecule has 8 heteroatoms. The molecule has 164 valence electrons. The molecular weight excluding hydrogens is 378 g/mol. The van der Waals surface area contributed by atoms with Gasteiger partial charge in [-0.2, -0.15) is 5.10 Å². The Morgan fingerprint density at radius 3 is 2.87 bits per heavy atom. The molecule has 1 unspecified atom stereocenters. The van der Waals surface area contributed by atoms with E-state index in [2.05, 4.69) is 69.8 Å². The highest BCUT2D eigenvalue weighted by Gasteiger charge is 2.22. The zero-order chi connectivity index (χ0) is 21.2. The van der Waals surface area contributed by atoms with E-state index in [9.17, 15) is 0 Å². The Bertz CT molecular complexity index is 790. The number of ether oxygens (including phenoxy) is 1. The van der Waals surface area contributed by atoms with E-state index < -0.39 is 0 Å². The van der Waals surface area contributed by atoms with Crippen LogP contribution >= 0.6 is 0 Å². The van der Waals surface area contributed by atoms with Crippen molar-refractivity contribution in [2.45, 2.75) is 52.3 Å². The second kappa shape index (κ2) is 11.5. The lowest BCUT2D eigenvalue weighted by molar-refractivity contribution is 0.177.